The standard InChI is InChI=1S/C31H30N4O/c1-20-3-2-4-28-29(20)33-30(35(28)19-21-14-16-34(18-21)31(36)24-9-10-24)23-7-5-22(6-8-23)25-11-12-27-26(17-25)13-15-32-27/h2-8,11-13,15,17,21,24,32H,9-10,14,16,18-19H2,1H3/t21-/m0/s1. The molecule has 3 aromatic carbocycles. The van der Waals surface area contributed by atoms with Gasteiger partial charge in [0, 0.05) is 42.8 Å². The topological polar surface area (TPSA) is 53.9 Å². The number of aromatic amines is 1. The monoisotopic (exact) mass is 474 g/mol. The zero-order valence-corrected chi connectivity index (χ0v) is 20.6. The number of imidazole rings is 1. The van der Waals surface area contributed by atoms with Crippen molar-refractivity contribution in [1.82, 2.24) is 19.4 Å². The molecule has 1 atom stereocenters. The summed E-state index contributed by atoms with van der Waals surface area (Å²) < 4.78 is 2.39. The van der Waals surface area contributed by atoms with E-state index in [1.165, 1.54) is 27.6 Å². The number of nitrogens with one attached hydrogen (secondary N) is 1. The molecular formula is C31H30N4O. The molecule has 1 amide bonds. The molecule has 1 aliphatic heterocycles. The van der Waals surface area contributed by atoms with Gasteiger partial charge in [0.25, 0.3) is 0 Å². The SMILES string of the molecule is Cc1cccc2c1nc(-c1ccc(-c3ccc4[nH]ccc4c3)cc1)n2C[C@H]1CCN(C(=O)C2CC2)C1. The summed E-state index contributed by atoms with van der Waals surface area (Å²) >= 11 is 0. The molecule has 0 unspecified atom stereocenters. The minimum absolute atomic E-state index is 0.299. The van der Waals surface area contributed by atoms with Crippen LogP contribution in [0.15, 0.2) is 72.9 Å². The highest BCUT2D eigenvalue weighted by atomic mass is 16.2. The maximum atomic E-state index is 12.6. The fourth-order valence-corrected chi connectivity index (χ4v) is 5.77. The second-order valence-corrected chi connectivity index (χ2v) is 10.6. The first kappa shape index (κ1) is 21.4. The van der Waals surface area contributed by atoms with Gasteiger partial charge in [-0.25, -0.2) is 4.98 Å². The molecule has 5 aromatic rings. The van der Waals surface area contributed by atoms with E-state index < -0.39 is 0 Å². The fourth-order valence-electron chi connectivity index (χ4n) is 5.77. The Balaban J connectivity index is 1.22. The van der Waals surface area contributed by atoms with Gasteiger partial charge in [0.05, 0.1) is 11.0 Å². The number of para-hydroxylation sites is 1. The number of fused-ring (bicyclic) bond motifs is 2. The molecule has 7 rings (SSSR count). The van der Waals surface area contributed by atoms with Crippen LogP contribution in [0.5, 0.6) is 0 Å². The number of rotatable bonds is 5. The molecule has 0 spiro atoms. The first-order valence-electron chi connectivity index (χ1n) is 13.1. The lowest BCUT2D eigenvalue weighted by Crippen LogP contribution is -2.30. The quantitative estimate of drug-likeness (QED) is 0.320. The number of likely N-dealkylation sites (tertiary alicyclic amines) is 1. The van der Waals surface area contributed by atoms with Gasteiger partial charge in [-0.1, -0.05) is 42.5 Å². The Hall–Kier alpha value is -3.86. The number of benzene rings is 3. The van der Waals surface area contributed by atoms with E-state index in [0.717, 1.165) is 61.3 Å². The van der Waals surface area contributed by atoms with Crippen LogP contribution in [-0.2, 0) is 11.3 Å². The lowest BCUT2D eigenvalue weighted by atomic mass is 10.0. The van der Waals surface area contributed by atoms with Crippen molar-refractivity contribution in [2.24, 2.45) is 11.8 Å². The van der Waals surface area contributed by atoms with Gasteiger partial charge in [-0.2, -0.15) is 0 Å². The predicted octanol–water partition coefficient (Wildman–Crippen LogP) is 6.42. The number of carbonyl (C=O) groups is 1. The number of nitrogens with zero attached hydrogens (tertiary/aromatic N) is 3. The minimum atomic E-state index is 0.299. The Kier molecular flexibility index (Phi) is 4.98. The molecule has 2 fully saturated rings. The third kappa shape index (κ3) is 3.70. The summed E-state index contributed by atoms with van der Waals surface area (Å²) in [4.78, 5) is 23.1. The molecule has 2 aromatic heterocycles. The maximum Gasteiger partial charge on any atom is 0.225 e. The second-order valence-electron chi connectivity index (χ2n) is 10.6. The average molecular weight is 475 g/mol. The number of H-pyrrole nitrogens is 1. The number of aryl methyl sites for hydroxylation is 1. The van der Waals surface area contributed by atoms with Crippen LogP contribution in [0.25, 0.3) is 44.5 Å². The fraction of sp³-hybridized carbons (Fsp3) is 0.290. The minimum Gasteiger partial charge on any atom is -0.361 e. The number of hydrogen-bond acceptors (Lipinski definition) is 2. The molecule has 1 saturated carbocycles. The first-order chi connectivity index (χ1) is 17.6. The normalized spacial score (nSPS) is 17.9. The summed E-state index contributed by atoms with van der Waals surface area (Å²) in [6.45, 7) is 4.77. The lowest BCUT2D eigenvalue weighted by molar-refractivity contribution is -0.131. The van der Waals surface area contributed by atoms with Gasteiger partial charge in [-0.15, -0.1) is 0 Å². The number of hydrogen-bond donors (Lipinski definition) is 1. The van der Waals surface area contributed by atoms with Crippen molar-refractivity contribution >= 4 is 27.8 Å². The Morgan fingerprint density at radius 1 is 0.972 bits per heavy atom. The van der Waals surface area contributed by atoms with Crippen LogP contribution in [0.3, 0.4) is 0 Å². The van der Waals surface area contributed by atoms with Gasteiger partial charge >= 0.3 is 0 Å². The zero-order chi connectivity index (χ0) is 24.2. The van der Waals surface area contributed by atoms with Crippen LogP contribution in [0.2, 0.25) is 0 Å². The Morgan fingerprint density at radius 2 is 1.78 bits per heavy atom. The van der Waals surface area contributed by atoms with Gasteiger partial charge in [0.15, 0.2) is 0 Å². The van der Waals surface area contributed by atoms with Gasteiger partial charge in [-0.05, 0) is 78.4 Å². The Labute approximate surface area is 210 Å². The molecule has 1 aliphatic carbocycles. The number of amides is 1. The van der Waals surface area contributed by atoms with Crippen molar-refractivity contribution < 1.29 is 4.79 Å². The molecule has 5 heteroatoms. The van der Waals surface area contributed by atoms with Gasteiger partial charge in [0.1, 0.15) is 5.82 Å². The van der Waals surface area contributed by atoms with Crippen LogP contribution in [0.4, 0.5) is 0 Å². The van der Waals surface area contributed by atoms with Crippen molar-refractivity contribution in [2.45, 2.75) is 32.7 Å². The molecular weight excluding hydrogens is 444 g/mol. The predicted molar refractivity (Wildman–Crippen MR) is 145 cm³/mol. The summed E-state index contributed by atoms with van der Waals surface area (Å²) in [5.74, 6) is 2.14. The van der Waals surface area contributed by atoms with Crippen LogP contribution >= 0.6 is 0 Å². The van der Waals surface area contributed by atoms with Gasteiger partial charge in [0.2, 0.25) is 5.91 Å². The largest absolute Gasteiger partial charge is 0.361 e. The van der Waals surface area contributed by atoms with Crippen molar-refractivity contribution in [1.29, 1.82) is 0 Å². The molecule has 1 saturated heterocycles. The molecule has 5 nitrogen and oxygen atoms in total. The van der Waals surface area contributed by atoms with Crippen LogP contribution in [-0.4, -0.2) is 38.4 Å². The first-order valence-corrected chi connectivity index (χ1v) is 13.1. The van der Waals surface area contributed by atoms with Crippen molar-refractivity contribution in [2.75, 3.05) is 13.1 Å². The number of carbonyl (C=O) groups excluding carboxylic acids is 1. The Morgan fingerprint density at radius 3 is 2.61 bits per heavy atom. The molecule has 3 heterocycles. The van der Waals surface area contributed by atoms with E-state index in [2.05, 4.69) is 88.1 Å². The van der Waals surface area contributed by atoms with E-state index in [1.54, 1.807) is 0 Å². The van der Waals surface area contributed by atoms with E-state index in [0.29, 0.717) is 17.7 Å². The highest BCUT2D eigenvalue weighted by Crippen LogP contribution is 2.35. The zero-order valence-electron chi connectivity index (χ0n) is 20.6. The maximum absolute atomic E-state index is 12.6. The van der Waals surface area contributed by atoms with Gasteiger partial charge in [-0.3, -0.25) is 4.79 Å². The average Bonchev–Trinajstić information content (AvgIpc) is 3.30. The third-order valence-electron chi connectivity index (χ3n) is 7.98. The number of aromatic nitrogens is 3. The summed E-state index contributed by atoms with van der Waals surface area (Å²) in [6, 6.07) is 23.9. The van der Waals surface area contributed by atoms with Gasteiger partial charge < -0.3 is 14.5 Å². The third-order valence-corrected chi connectivity index (χ3v) is 7.98. The highest BCUT2D eigenvalue weighted by Gasteiger charge is 2.36. The molecule has 0 radical (unpaired) electrons. The molecule has 0 bridgehead atoms. The van der Waals surface area contributed by atoms with E-state index in [-0.39, 0.29) is 0 Å². The van der Waals surface area contributed by atoms with E-state index in [9.17, 15) is 4.79 Å². The molecule has 180 valence electrons. The highest BCUT2D eigenvalue weighted by molar-refractivity contribution is 5.86. The van der Waals surface area contributed by atoms with Crippen molar-refractivity contribution in [3.8, 4) is 22.5 Å². The van der Waals surface area contributed by atoms with Crippen LogP contribution in [0, 0.1) is 18.8 Å². The smallest absolute Gasteiger partial charge is 0.225 e. The van der Waals surface area contributed by atoms with Crippen molar-refractivity contribution in [3.63, 3.8) is 0 Å². The van der Waals surface area contributed by atoms with E-state index in [1.807, 2.05) is 6.20 Å². The molecule has 36 heavy (non-hydrogen) atoms. The van der Waals surface area contributed by atoms with Crippen LogP contribution in [0.1, 0.15) is 24.8 Å². The summed E-state index contributed by atoms with van der Waals surface area (Å²) in [5.41, 5.74) is 8.14. The van der Waals surface area contributed by atoms with Crippen molar-refractivity contribution in [3.05, 3.63) is 78.5 Å². The lowest BCUT2D eigenvalue weighted by Gasteiger charge is -2.18. The van der Waals surface area contributed by atoms with E-state index in [4.69, 9.17) is 4.98 Å². The van der Waals surface area contributed by atoms with E-state index >= 15 is 0 Å². The second kappa shape index (κ2) is 8.37. The van der Waals surface area contributed by atoms with Crippen LogP contribution < -0.4 is 0 Å². The molecule has 2 aliphatic rings. The summed E-state index contributed by atoms with van der Waals surface area (Å²) in [5, 5.41) is 1.22. The summed E-state index contributed by atoms with van der Waals surface area (Å²) in [6.07, 6.45) is 5.19. The Bertz CT molecular complexity index is 1590. The summed E-state index contributed by atoms with van der Waals surface area (Å²) in [7, 11) is 0. The molecule has 1 N–H and O–H groups in total.